The van der Waals surface area contributed by atoms with Crippen molar-refractivity contribution in [3.05, 3.63) is 29.3 Å². The zero-order valence-electron chi connectivity index (χ0n) is 11.0. The number of hydrogen-bond donors (Lipinski definition) is 0. The molecule has 0 saturated carbocycles. The van der Waals surface area contributed by atoms with E-state index in [2.05, 4.69) is 0 Å². The van der Waals surface area contributed by atoms with E-state index in [-0.39, 0.29) is 12.7 Å². The van der Waals surface area contributed by atoms with E-state index < -0.39 is 35.5 Å². The number of rotatable bonds is 5. The van der Waals surface area contributed by atoms with Crippen LogP contribution >= 0.6 is 0 Å². The van der Waals surface area contributed by atoms with Crippen LogP contribution in [0.1, 0.15) is 11.1 Å². The molecule has 0 radical (unpaired) electrons. The van der Waals surface area contributed by atoms with Gasteiger partial charge in [0.05, 0.1) is 11.1 Å². The van der Waals surface area contributed by atoms with Gasteiger partial charge in [-0.3, -0.25) is 0 Å². The van der Waals surface area contributed by atoms with Gasteiger partial charge in [-0.2, -0.15) is 26.3 Å². The van der Waals surface area contributed by atoms with Gasteiger partial charge in [0.25, 0.3) is 0 Å². The predicted octanol–water partition coefficient (Wildman–Crippen LogP) is 3.72. The number of alkyl halides is 6. The van der Waals surface area contributed by atoms with Gasteiger partial charge >= 0.3 is 12.4 Å². The Morgan fingerprint density at radius 3 is 1.62 bits per heavy atom. The zero-order valence-corrected chi connectivity index (χ0v) is 11.0. The lowest BCUT2D eigenvalue weighted by Crippen LogP contribution is -2.22. The van der Waals surface area contributed by atoms with Gasteiger partial charge < -0.3 is 14.2 Å². The third-order valence-corrected chi connectivity index (χ3v) is 2.47. The van der Waals surface area contributed by atoms with Crippen molar-refractivity contribution < 1.29 is 40.6 Å². The van der Waals surface area contributed by atoms with Crippen LogP contribution in [-0.4, -0.2) is 27.1 Å². The summed E-state index contributed by atoms with van der Waals surface area (Å²) in [5.41, 5.74) is -2.89. The number of methoxy groups -OCH3 is 2. The molecule has 3 nitrogen and oxygen atoms in total. The van der Waals surface area contributed by atoms with Crippen molar-refractivity contribution in [1.29, 1.82) is 0 Å². The summed E-state index contributed by atoms with van der Waals surface area (Å²) in [4.78, 5) is 0. The molecule has 1 aromatic rings. The molecular formula is C12H12F6O3. The monoisotopic (exact) mass is 318 g/mol. The van der Waals surface area contributed by atoms with Crippen LogP contribution in [0.2, 0.25) is 0 Å². The SMILES string of the molecule is COC(COc1cc(C(F)(F)F)cc(C(F)(F)F)c1)OC. The van der Waals surface area contributed by atoms with E-state index >= 15 is 0 Å². The number of ether oxygens (including phenoxy) is 3. The summed E-state index contributed by atoms with van der Waals surface area (Å²) in [6.45, 7) is -0.356. The second kappa shape index (κ2) is 6.52. The highest BCUT2D eigenvalue weighted by molar-refractivity contribution is 5.37. The molecule has 0 N–H and O–H groups in total. The summed E-state index contributed by atoms with van der Waals surface area (Å²) in [6.07, 6.45) is -10.7. The molecule has 1 rings (SSSR count). The first-order chi connectivity index (χ1) is 9.57. The molecule has 0 aliphatic carbocycles. The normalized spacial score (nSPS) is 12.8. The Kier molecular flexibility index (Phi) is 5.46. The van der Waals surface area contributed by atoms with Crippen LogP contribution < -0.4 is 4.74 Å². The second-order valence-electron chi connectivity index (χ2n) is 3.95. The number of halogens is 6. The van der Waals surface area contributed by atoms with Gasteiger partial charge in [-0.15, -0.1) is 0 Å². The van der Waals surface area contributed by atoms with Gasteiger partial charge in [0.1, 0.15) is 12.4 Å². The highest BCUT2D eigenvalue weighted by atomic mass is 19.4. The average molecular weight is 318 g/mol. The van der Waals surface area contributed by atoms with Crippen molar-refractivity contribution in [2.75, 3.05) is 20.8 Å². The molecule has 0 fully saturated rings. The molecule has 21 heavy (non-hydrogen) atoms. The lowest BCUT2D eigenvalue weighted by molar-refractivity contribution is -0.143. The molecule has 0 aromatic heterocycles. The molecular weight excluding hydrogens is 306 g/mol. The number of hydrogen-bond acceptors (Lipinski definition) is 3. The summed E-state index contributed by atoms with van der Waals surface area (Å²) < 4.78 is 89.9. The van der Waals surface area contributed by atoms with Crippen molar-refractivity contribution in [3.8, 4) is 5.75 Å². The van der Waals surface area contributed by atoms with Gasteiger partial charge in [0.15, 0.2) is 6.29 Å². The molecule has 9 heteroatoms. The summed E-state index contributed by atoms with van der Waals surface area (Å²) >= 11 is 0. The first-order valence-electron chi connectivity index (χ1n) is 5.55. The molecule has 1 aromatic carbocycles. The number of benzene rings is 1. The first-order valence-corrected chi connectivity index (χ1v) is 5.55. The maximum absolute atomic E-state index is 12.6. The third-order valence-electron chi connectivity index (χ3n) is 2.47. The van der Waals surface area contributed by atoms with Crippen molar-refractivity contribution in [3.63, 3.8) is 0 Å². The van der Waals surface area contributed by atoms with Crippen LogP contribution in [0.3, 0.4) is 0 Å². The topological polar surface area (TPSA) is 27.7 Å². The molecule has 0 aliphatic rings. The Morgan fingerprint density at radius 1 is 0.857 bits per heavy atom. The fraction of sp³-hybridized carbons (Fsp3) is 0.500. The second-order valence-corrected chi connectivity index (χ2v) is 3.95. The fourth-order valence-corrected chi connectivity index (χ4v) is 1.41. The molecule has 0 aliphatic heterocycles. The third kappa shape index (κ3) is 5.09. The minimum Gasteiger partial charge on any atom is -0.488 e. The van der Waals surface area contributed by atoms with E-state index in [1.165, 1.54) is 14.2 Å². The summed E-state index contributed by atoms with van der Waals surface area (Å²) in [5.74, 6) is -0.573. The largest absolute Gasteiger partial charge is 0.488 e. The quantitative estimate of drug-likeness (QED) is 0.612. The average Bonchev–Trinajstić information content (AvgIpc) is 2.37. The standard InChI is InChI=1S/C12H12F6O3/c1-19-10(20-2)6-21-9-4-7(11(13,14)15)3-8(5-9)12(16,17)18/h3-5,10H,6H2,1-2H3. The summed E-state index contributed by atoms with van der Waals surface area (Å²) in [6, 6.07) is 0.992. The van der Waals surface area contributed by atoms with Gasteiger partial charge in [0, 0.05) is 14.2 Å². The van der Waals surface area contributed by atoms with E-state index in [4.69, 9.17) is 14.2 Å². The lowest BCUT2D eigenvalue weighted by atomic mass is 10.1. The van der Waals surface area contributed by atoms with Crippen molar-refractivity contribution in [1.82, 2.24) is 0 Å². The van der Waals surface area contributed by atoms with Gasteiger partial charge in [-0.25, -0.2) is 0 Å². The Hall–Kier alpha value is -1.48. The van der Waals surface area contributed by atoms with Crippen LogP contribution in [-0.2, 0) is 21.8 Å². The van der Waals surface area contributed by atoms with Crippen LogP contribution in [0.5, 0.6) is 5.75 Å². The van der Waals surface area contributed by atoms with Crippen molar-refractivity contribution in [2.45, 2.75) is 18.6 Å². The molecule has 0 unspecified atom stereocenters. The minimum absolute atomic E-state index is 0.0248. The van der Waals surface area contributed by atoms with Crippen molar-refractivity contribution in [2.24, 2.45) is 0 Å². The zero-order chi connectivity index (χ0) is 16.3. The molecule has 120 valence electrons. The van der Waals surface area contributed by atoms with E-state index in [9.17, 15) is 26.3 Å². The molecule has 0 amide bonds. The van der Waals surface area contributed by atoms with Crippen LogP contribution in [0.25, 0.3) is 0 Å². The maximum Gasteiger partial charge on any atom is 0.416 e. The maximum atomic E-state index is 12.6. The fourth-order valence-electron chi connectivity index (χ4n) is 1.41. The molecule has 0 saturated heterocycles. The van der Waals surface area contributed by atoms with Gasteiger partial charge in [-0.1, -0.05) is 0 Å². The van der Waals surface area contributed by atoms with E-state index in [1.54, 1.807) is 0 Å². The van der Waals surface area contributed by atoms with E-state index in [1.807, 2.05) is 0 Å². The van der Waals surface area contributed by atoms with E-state index in [0.717, 1.165) is 0 Å². The van der Waals surface area contributed by atoms with Crippen LogP contribution in [0.4, 0.5) is 26.3 Å². The predicted molar refractivity (Wildman–Crippen MR) is 59.7 cm³/mol. The molecule has 0 bridgehead atoms. The lowest BCUT2D eigenvalue weighted by Gasteiger charge is -2.17. The van der Waals surface area contributed by atoms with Crippen LogP contribution in [0, 0.1) is 0 Å². The molecule has 0 atom stereocenters. The first kappa shape index (κ1) is 17.6. The Morgan fingerprint density at radius 2 is 1.29 bits per heavy atom. The summed E-state index contributed by atoms with van der Waals surface area (Å²) in [5, 5.41) is 0. The molecule has 0 spiro atoms. The highest BCUT2D eigenvalue weighted by Gasteiger charge is 2.37. The smallest absolute Gasteiger partial charge is 0.416 e. The Bertz CT molecular complexity index is 433. The molecule has 0 heterocycles. The van der Waals surface area contributed by atoms with Crippen molar-refractivity contribution >= 4 is 0 Å². The Labute approximate surface area is 116 Å². The van der Waals surface area contributed by atoms with E-state index in [0.29, 0.717) is 12.1 Å². The summed E-state index contributed by atoms with van der Waals surface area (Å²) in [7, 11) is 2.51. The Balaban J connectivity index is 3.08. The van der Waals surface area contributed by atoms with Crippen LogP contribution in [0.15, 0.2) is 18.2 Å². The van der Waals surface area contributed by atoms with Gasteiger partial charge in [0.2, 0.25) is 0 Å². The van der Waals surface area contributed by atoms with Gasteiger partial charge in [-0.05, 0) is 18.2 Å². The highest BCUT2D eigenvalue weighted by Crippen LogP contribution is 2.38. The minimum atomic E-state index is -4.92.